The summed E-state index contributed by atoms with van der Waals surface area (Å²) in [6, 6.07) is 12.1. The number of hydrogen-bond donors (Lipinski definition) is 2. The first kappa shape index (κ1) is 13.5. The Morgan fingerprint density at radius 2 is 1.86 bits per heavy atom. The Kier molecular flexibility index (Phi) is 3.27. The van der Waals surface area contributed by atoms with Crippen LogP contribution in [-0.4, -0.2) is 20.1 Å². The van der Waals surface area contributed by atoms with Crippen LogP contribution < -0.4 is 5.73 Å². The van der Waals surface area contributed by atoms with Gasteiger partial charge in [0.25, 0.3) is 0 Å². The smallest absolute Gasteiger partial charge is 0.155 e. The molecule has 5 nitrogen and oxygen atoms in total. The fourth-order valence-corrected chi connectivity index (χ4v) is 2.29. The number of aryl methyl sites for hydroxylation is 1. The first-order valence-corrected chi connectivity index (χ1v) is 6.71. The summed E-state index contributed by atoms with van der Waals surface area (Å²) in [5, 5.41) is 18.2. The van der Waals surface area contributed by atoms with Gasteiger partial charge in [0.05, 0.1) is 5.69 Å². The van der Waals surface area contributed by atoms with Gasteiger partial charge in [0, 0.05) is 10.6 Å². The summed E-state index contributed by atoms with van der Waals surface area (Å²) < 4.78 is 1.52. The molecule has 0 amide bonds. The number of nitrogens with zero attached hydrogens (tertiary/aromatic N) is 3. The fourth-order valence-electron chi connectivity index (χ4n) is 2.11. The number of benzene rings is 2. The molecule has 2 aromatic carbocycles. The maximum absolute atomic E-state index is 9.33. The first-order valence-electron chi connectivity index (χ1n) is 6.33. The molecule has 1 heterocycles. The summed E-state index contributed by atoms with van der Waals surface area (Å²) in [7, 11) is 0. The van der Waals surface area contributed by atoms with Gasteiger partial charge in [-0.3, -0.25) is 0 Å². The van der Waals surface area contributed by atoms with Gasteiger partial charge in [0.2, 0.25) is 0 Å². The summed E-state index contributed by atoms with van der Waals surface area (Å²) in [6.45, 7) is 1.96. The molecule has 0 saturated heterocycles. The molecule has 0 bridgehead atoms. The third kappa shape index (κ3) is 2.43. The molecule has 0 aliphatic rings. The summed E-state index contributed by atoms with van der Waals surface area (Å²) in [6.07, 6.45) is 0. The number of nitrogens with two attached hydrogens (primary N) is 1. The van der Waals surface area contributed by atoms with Crippen molar-refractivity contribution in [2.45, 2.75) is 6.92 Å². The lowest BCUT2D eigenvalue weighted by Crippen LogP contribution is -2.02. The van der Waals surface area contributed by atoms with Crippen LogP contribution >= 0.6 is 11.6 Å². The third-order valence-electron chi connectivity index (χ3n) is 3.25. The molecule has 0 aliphatic heterocycles. The zero-order valence-electron chi connectivity index (χ0n) is 11.3. The zero-order chi connectivity index (χ0) is 15.0. The van der Waals surface area contributed by atoms with E-state index in [1.807, 2.05) is 25.1 Å². The van der Waals surface area contributed by atoms with E-state index in [-0.39, 0.29) is 5.75 Å². The van der Waals surface area contributed by atoms with Gasteiger partial charge in [-0.1, -0.05) is 22.9 Å². The molecule has 0 spiro atoms. The van der Waals surface area contributed by atoms with E-state index in [9.17, 15) is 5.11 Å². The van der Waals surface area contributed by atoms with E-state index in [1.54, 1.807) is 24.3 Å². The summed E-state index contributed by atoms with van der Waals surface area (Å²) in [5.74, 6) is 0.606. The van der Waals surface area contributed by atoms with E-state index in [2.05, 4.69) is 10.3 Å². The maximum Gasteiger partial charge on any atom is 0.155 e. The van der Waals surface area contributed by atoms with Crippen LogP contribution in [0.25, 0.3) is 16.9 Å². The van der Waals surface area contributed by atoms with Crippen molar-refractivity contribution < 1.29 is 5.11 Å². The van der Waals surface area contributed by atoms with Gasteiger partial charge in [-0.15, -0.1) is 5.10 Å². The molecule has 3 rings (SSSR count). The summed E-state index contributed by atoms with van der Waals surface area (Å²) in [5.41, 5.74) is 9.34. The molecule has 21 heavy (non-hydrogen) atoms. The van der Waals surface area contributed by atoms with Gasteiger partial charge < -0.3 is 10.8 Å². The Balaban J connectivity index is 2.11. The van der Waals surface area contributed by atoms with Gasteiger partial charge in [0.15, 0.2) is 5.82 Å². The van der Waals surface area contributed by atoms with E-state index in [1.165, 1.54) is 4.68 Å². The third-order valence-corrected chi connectivity index (χ3v) is 3.49. The highest BCUT2D eigenvalue weighted by Crippen LogP contribution is 2.30. The van der Waals surface area contributed by atoms with Crippen molar-refractivity contribution in [3.8, 4) is 22.7 Å². The quantitative estimate of drug-likeness (QED) is 0.762. The van der Waals surface area contributed by atoms with Crippen molar-refractivity contribution in [3.05, 3.63) is 53.1 Å². The number of phenols is 1. The minimum absolute atomic E-state index is 0.184. The number of nitrogen functional groups attached to an aromatic ring is 1. The normalized spacial score (nSPS) is 10.8. The molecule has 0 unspecified atom stereocenters. The molecule has 3 N–H and O–H groups in total. The topological polar surface area (TPSA) is 77.0 Å². The zero-order valence-corrected chi connectivity index (χ0v) is 12.0. The summed E-state index contributed by atoms with van der Waals surface area (Å²) >= 11 is 6.04. The van der Waals surface area contributed by atoms with Crippen molar-refractivity contribution in [1.29, 1.82) is 0 Å². The predicted molar refractivity (Wildman–Crippen MR) is 82.6 cm³/mol. The second-order valence-electron chi connectivity index (χ2n) is 4.71. The number of aromatic hydroxyl groups is 1. The van der Waals surface area contributed by atoms with Crippen LogP contribution in [0.5, 0.6) is 5.75 Å². The number of aromatic nitrogens is 3. The SMILES string of the molecule is Cc1ccc(Cl)cc1-c1nnn(-c2ccc(O)cc2)c1N. The minimum atomic E-state index is 0.184. The van der Waals surface area contributed by atoms with Gasteiger partial charge in [0.1, 0.15) is 11.4 Å². The molecule has 3 aromatic rings. The largest absolute Gasteiger partial charge is 0.508 e. The second kappa shape index (κ2) is 5.10. The Morgan fingerprint density at radius 3 is 2.57 bits per heavy atom. The number of anilines is 1. The van der Waals surface area contributed by atoms with Crippen LogP contribution in [0.4, 0.5) is 5.82 Å². The van der Waals surface area contributed by atoms with Crippen LogP contribution in [0.1, 0.15) is 5.56 Å². The van der Waals surface area contributed by atoms with Crippen molar-refractivity contribution in [2.24, 2.45) is 0 Å². The molecular formula is C15H13ClN4O. The van der Waals surface area contributed by atoms with Crippen LogP contribution in [-0.2, 0) is 0 Å². The standard InChI is InChI=1S/C15H13ClN4O/c1-9-2-3-10(16)8-13(9)14-15(17)20(19-18-14)11-4-6-12(21)7-5-11/h2-8,21H,17H2,1H3. The number of hydrogen-bond acceptors (Lipinski definition) is 4. The molecule has 0 radical (unpaired) electrons. The molecule has 0 saturated carbocycles. The molecule has 0 atom stereocenters. The Hall–Kier alpha value is -2.53. The average molecular weight is 301 g/mol. The maximum atomic E-state index is 9.33. The van der Waals surface area contributed by atoms with Gasteiger partial charge in [-0.05, 0) is 48.9 Å². The Morgan fingerprint density at radius 1 is 1.14 bits per heavy atom. The number of rotatable bonds is 2. The number of phenolic OH excluding ortho intramolecular Hbond substituents is 1. The lowest BCUT2D eigenvalue weighted by Gasteiger charge is -2.06. The van der Waals surface area contributed by atoms with Crippen molar-refractivity contribution in [3.63, 3.8) is 0 Å². The van der Waals surface area contributed by atoms with Crippen molar-refractivity contribution >= 4 is 17.4 Å². The van der Waals surface area contributed by atoms with E-state index in [4.69, 9.17) is 17.3 Å². The second-order valence-corrected chi connectivity index (χ2v) is 5.15. The first-order chi connectivity index (χ1) is 10.1. The van der Waals surface area contributed by atoms with Crippen molar-refractivity contribution in [1.82, 2.24) is 15.0 Å². The minimum Gasteiger partial charge on any atom is -0.508 e. The van der Waals surface area contributed by atoms with Crippen LogP contribution in [0.2, 0.25) is 5.02 Å². The molecular weight excluding hydrogens is 288 g/mol. The highest BCUT2D eigenvalue weighted by atomic mass is 35.5. The summed E-state index contributed by atoms with van der Waals surface area (Å²) in [4.78, 5) is 0. The fraction of sp³-hybridized carbons (Fsp3) is 0.0667. The van der Waals surface area contributed by atoms with Crippen LogP contribution in [0.15, 0.2) is 42.5 Å². The highest BCUT2D eigenvalue weighted by Gasteiger charge is 2.15. The Labute approximate surface area is 126 Å². The molecule has 106 valence electrons. The van der Waals surface area contributed by atoms with Crippen LogP contribution in [0.3, 0.4) is 0 Å². The molecule has 0 fully saturated rings. The predicted octanol–water partition coefficient (Wildman–Crippen LogP) is 3.18. The molecule has 0 aliphatic carbocycles. The van der Waals surface area contributed by atoms with Gasteiger partial charge in [-0.25, -0.2) is 0 Å². The lowest BCUT2D eigenvalue weighted by atomic mass is 10.1. The average Bonchev–Trinajstić information content (AvgIpc) is 2.84. The van der Waals surface area contributed by atoms with E-state index >= 15 is 0 Å². The van der Waals surface area contributed by atoms with Crippen LogP contribution in [0, 0.1) is 6.92 Å². The van der Waals surface area contributed by atoms with E-state index in [0.717, 1.165) is 16.8 Å². The number of halogens is 1. The molecule has 6 heteroatoms. The Bertz CT molecular complexity index is 796. The molecule has 1 aromatic heterocycles. The van der Waals surface area contributed by atoms with Gasteiger partial charge >= 0.3 is 0 Å². The van der Waals surface area contributed by atoms with Crippen molar-refractivity contribution in [2.75, 3.05) is 5.73 Å². The highest BCUT2D eigenvalue weighted by molar-refractivity contribution is 6.30. The van der Waals surface area contributed by atoms with E-state index in [0.29, 0.717) is 16.5 Å². The monoisotopic (exact) mass is 300 g/mol. The van der Waals surface area contributed by atoms with E-state index < -0.39 is 0 Å². The van der Waals surface area contributed by atoms with Gasteiger partial charge in [-0.2, -0.15) is 4.68 Å². The lowest BCUT2D eigenvalue weighted by molar-refractivity contribution is 0.475.